The molecule has 2 rings (SSSR count). The number of carbonyl (C=O) groups is 2. The minimum absolute atomic E-state index is 0.186. The maximum absolute atomic E-state index is 11.9. The molecule has 1 aromatic heterocycles. The average Bonchev–Trinajstić information content (AvgIpc) is 2.84. The summed E-state index contributed by atoms with van der Waals surface area (Å²) < 4.78 is 0.998. The Balaban J connectivity index is 2.00. The molecule has 1 aromatic carbocycles. The zero-order chi connectivity index (χ0) is 15.2. The molecular weight excluding hydrogens is 354 g/mol. The van der Waals surface area contributed by atoms with Crippen molar-refractivity contribution in [2.75, 3.05) is 5.32 Å². The van der Waals surface area contributed by atoms with Gasteiger partial charge in [0.05, 0.1) is 10.0 Å². The highest BCUT2D eigenvalue weighted by molar-refractivity contribution is 9.11. The number of nitrogens with one attached hydrogen (secondary N) is 2. The smallest absolute Gasteiger partial charge is 0.271 e. The standard InChI is InChI=1S/C14H12BrN3O2S/c1-9(19)17-11-4-2-3-10(7-11)14(20)18-16-8-12-5-6-13(15)21-12/h2-8H,1H3,(H,17,19)(H,18,20)/b16-8-. The van der Waals surface area contributed by atoms with E-state index in [0.717, 1.165) is 8.66 Å². The SMILES string of the molecule is CC(=O)Nc1cccc(C(=O)N/N=C\c2ccc(Br)s2)c1. The highest BCUT2D eigenvalue weighted by Gasteiger charge is 2.05. The minimum atomic E-state index is -0.339. The summed E-state index contributed by atoms with van der Waals surface area (Å²) in [5, 5.41) is 6.52. The normalized spacial score (nSPS) is 10.6. The van der Waals surface area contributed by atoms with E-state index in [1.54, 1.807) is 30.5 Å². The third kappa shape index (κ3) is 4.80. The fourth-order valence-corrected chi connectivity index (χ4v) is 2.85. The molecule has 2 amide bonds. The molecule has 0 unspecified atom stereocenters. The van der Waals surface area contributed by atoms with E-state index in [-0.39, 0.29) is 11.8 Å². The van der Waals surface area contributed by atoms with Crippen LogP contribution < -0.4 is 10.7 Å². The van der Waals surface area contributed by atoms with Gasteiger partial charge in [0.1, 0.15) is 0 Å². The summed E-state index contributed by atoms with van der Waals surface area (Å²) >= 11 is 4.87. The molecule has 1 heterocycles. The Hall–Kier alpha value is -1.99. The number of carbonyl (C=O) groups excluding carboxylic acids is 2. The second-order valence-electron chi connectivity index (χ2n) is 4.10. The van der Waals surface area contributed by atoms with Crippen molar-refractivity contribution in [1.29, 1.82) is 0 Å². The quantitative estimate of drug-likeness (QED) is 0.644. The molecule has 5 nitrogen and oxygen atoms in total. The lowest BCUT2D eigenvalue weighted by Crippen LogP contribution is -2.18. The number of amides is 2. The van der Waals surface area contributed by atoms with Gasteiger partial charge in [0.25, 0.3) is 5.91 Å². The zero-order valence-corrected chi connectivity index (χ0v) is 13.5. The van der Waals surface area contributed by atoms with Gasteiger partial charge in [0.15, 0.2) is 0 Å². The topological polar surface area (TPSA) is 70.6 Å². The van der Waals surface area contributed by atoms with Crippen molar-refractivity contribution in [3.63, 3.8) is 0 Å². The van der Waals surface area contributed by atoms with Gasteiger partial charge < -0.3 is 5.32 Å². The van der Waals surface area contributed by atoms with Crippen LogP contribution in [0.25, 0.3) is 0 Å². The Labute approximate surface area is 134 Å². The largest absolute Gasteiger partial charge is 0.326 e. The van der Waals surface area contributed by atoms with Crippen LogP contribution in [0.2, 0.25) is 0 Å². The summed E-state index contributed by atoms with van der Waals surface area (Å²) in [6.45, 7) is 1.41. The number of anilines is 1. The monoisotopic (exact) mass is 365 g/mol. The van der Waals surface area contributed by atoms with Gasteiger partial charge in [-0.25, -0.2) is 5.43 Å². The Morgan fingerprint density at radius 1 is 1.29 bits per heavy atom. The number of thiophene rings is 1. The van der Waals surface area contributed by atoms with E-state index in [2.05, 4.69) is 31.8 Å². The first-order valence-corrected chi connectivity index (χ1v) is 7.62. The van der Waals surface area contributed by atoms with Crippen LogP contribution in [0.15, 0.2) is 45.3 Å². The van der Waals surface area contributed by atoms with E-state index in [1.807, 2.05) is 12.1 Å². The highest BCUT2D eigenvalue weighted by atomic mass is 79.9. The molecule has 7 heteroatoms. The van der Waals surface area contributed by atoms with Crippen LogP contribution in [-0.2, 0) is 4.79 Å². The number of hydrazone groups is 1. The van der Waals surface area contributed by atoms with Crippen LogP contribution in [0, 0.1) is 0 Å². The summed E-state index contributed by atoms with van der Waals surface area (Å²) in [5.41, 5.74) is 3.44. The maximum Gasteiger partial charge on any atom is 0.271 e. The summed E-state index contributed by atoms with van der Waals surface area (Å²) in [5.74, 6) is -0.525. The number of halogens is 1. The summed E-state index contributed by atoms with van der Waals surface area (Å²) in [6.07, 6.45) is 1.57. The predicted molar refractivity (Wildman–Crippen MR) is 87.8 cm³/mol. The lowest BCUT2D eigenvalue weighted by Gasteiger charge is -2.04. The van der Waals surface area contributed by atoms with Gasteiger partial charge in [-0.15, -0.1) is 11.3 Å². The van der Waals surface area contributed by atoms with E-state index in [9.17, 15) is 9.59 Å². The lowest BCUT2D eigenvalue weighted by atomic mass is 10.2. The van der Waals surface area contributed by atoms with E-state index < -0.39 is 0 Å². The second kappa shape index (κ2) is 7.14. The Morgan fingerprint density at radius 3 is 2.76 bits per heavy atom. The third-order valence-corrected chi connectivity index (χ3v) is 3.96. The number of benzene rings is 1. The molecular formula is C14H12BrN3O2S. The summed E-state index contributed by atoms with van der Waals surface area (Å²) in [7, 11) is 0. The van der Waals surface area contributed by atoms with Gasteiger partial charge in [-0.3, -0.25) is 9.59 Å². The lowest BCUT2D eigenvalue weighted by molar-refractivity contribution is -0.114. The van der Waals surface area contributed by atoms with Crippen molar-refractivity contribution in [1.82, 2.24) is 5.43 Å². The van der Waals surface area contributed by atoms with E-state index >= 15 is 0 Å². The molecule has 0 atom stereocenters. The second-order valence-corrected chi connectivity index (χ2v) is 6.60. The van der Waals surface area contributed by atoms with Crippen molar-refractivity contribution < 1.29 is 9.59 Å². The number of hydrogen-bond donors (Lipinski definition) is 2. The van der Waals surface area contributed by atoms with Crippen molar-refractivity contribution in [2.45, 2.75) is 6.92 Å². The van der Waals surface area contributed by atoms with Gasteiger partial charge >= 0.3 is 0 Å². The first-order chi connectivity index (χ1) is 10.0. The van der Waals surface area contributed by atoms with Crippen LogP contribution >= 0.6 is 27.3 Å². The van der Waals surface area contributed by atoms with E-state index in [4.69, 9.17) is 0 Å². The molecule has 0 fully saturated rings. The molecule has 0 aliphatic carbocycles. The van der Waals surface area contributed by atoms with Gasteiger partial charge in [-0.2, -0.15) is 5.10 Å². The third-order valence-electron chi connectivity index (χ3n) is 2.40. The molecule has 0 aliphatic rings. The van der Waals surface area contributed by atoms with Gasteiger partial charge in [0, 0.05) is 23.1 Å². The van der Waals surface area contributed by atoms with E-state index in [0.29, 0.717) is 11.3 Å². The van der Waals surface area contributed by atoms with Gasteiger partial charge in [-0.1, -0.05) is 6.07 Å². The molecule has 108 valence electrons. The summed E-state index contributed by atoms with van der Waals surface area (Å²) in [6, 6.07) is 10.4. The maximum atomic E-state index is 11.9. The first kappa shape index (κ1) is 15.4. The highest BCUT2D eigenvalue weighted by Crippen LogP contribution is 2.20. The van der Waals surface area contributed by atoms with Crippen LogP contribution in [0.4, 0.5) is 5.69 Å². The number of nitrogens with zero attached hydrogens (tertiary/aromatic N) is 1. The molecule has 2 aromatic rings. The Kier molecular flexibility index (Phi) is 5.24. The summed E-state index contributed by atoms with van der Waals surface area (Å²) in [4.78, 5) is 23.8. The predicted octanol–water partition coefficient (Wildman–Crippen LogP) is 3.23. The molecule has 0 aliphatic heterocycles. The molecule has 0 saturated carbocycles. The Bertz CT molecular complexity index is 697. The molecule has 0 saturated heterocycles. The fourth-order valence-electron chi connectivity index (χ4n) is 1.56. The van der Waals surface area contributed by atoms with Crippen molar-refractivity contribution in [3.05, 3.63) is 50.6 Å². The molecule has 0 bridgehead atoms. The first-order valence-electron chi connectivity index (χ1n) is 6.01. The number of hydrogen-bond acceptors (Lipinski definition) is 4. The van der Waals surface area contributed by atoms with Crippen LogP contribution in [0.5, 0.6) is 0 Å². The molecule has 2 N–H and O–H groups in total. The Morgan fingerprint density at radius 2 is 2.10 bits per heavy atom. The molecule has 0 radical (unpaired) electrons. The zero-order valence-electron chi connectivity index (χ0n) is 11.1. The van der Waals surface area contributed by atoms with Crippen LogP contribution in [-0.4, -0.2) is 18.0 Å². The van der Waals surface area contributed by atoms with Gasteiger partial charge in [0.2, 0.25) is 5.91 Å². The van der Waals surface area contributed by atoms with E-state index in [1.165, 1.54) is 18.3 Å². The average molecular weight is 366 g/mol. The molecule has 0 spiro atoms. The fraction of sp³-hybridized carbons (Fsp3) is 0.0714. The van der Waals surface area contributed by atoms with Crippen molar-refractivity contribution >= 4 is 51.0 Å². The van der Waals surface area contributed by atoms with Crippen molar-refractivity contribution in [3.8, 4) is 0 Å². The number of rotatable bonds is 4. The molecule has 21 heavy (non-hydrogen) atoms. The minimum Gasteiger partial charge on any atom is -0.326 e. The van der Waals surface area contributed by atoms with Crippen LogP contribution in [0.3, 0.4) is 0 Å². The van der Waals surface area contributed by atoms with Crippen LogP contribution in [0.1, 0.15) is 22.2 Å². The van der Waals surface area contributed by atoms with Crippen molar-refractivity contribution in [2.24, 2.45) is 5.10 Å². The van der Waals surface area contributed by atoms with Gasteiger partial charge in [-0.05, 0) is 46.3 Å².